The number of nitrogens with one attached hydrogen (secondary N) is 1. The molecule has 134 valence electrons. The van der Waals surface area contributed by atoms with Gasteiger partial charge in [0.2, 0.25) is 5.95 Å². The summed E-state index contributed by atoms with van der Waals surface area (Å²) in [5, 5.41) is 3.87. The molecule has 0 spiro atoms. The number of sulfone groups is 1. The normalized spacial score (nSPS) is 18.9. The van der Waals surface area contributed by atoms with Gasteiger partial charge in [-0.05, 0) is 38.5 Å². The van der Waals surface area contributed by atoms with Crippen LogP contribution in [0.4, 0.5) is 17.5 Å². The van der Waals surface area contributed by atoms with Crippen LogP contribution in [-0.2, 0) is 9.84 Å². The minimum Gasteiger partial charge on any atom is -0.340 e. The summed E-state index contributed by atoms with van der Waals surface area (Å²) in [6, 6.07) is 9.17. The Labute approximate surface area is 153 Å². The van der Waals surface area contributed by atoms with Gasteiger partial charge in [0.15, 0.2) is 9.84 Å². The average molecular weight is 381 g/mol. The fourth-order valence-corrected chi connectivity index (χ4v) is 4.96. The summed E-state index contributed by atoms with van der Waals surface area (Å²) >= 11 is 6.02. The zero-order chi connectivity index (χ0) is 18.0. The largest absolute Gasteiger partial charge is 0.340 e. The molecule has 1 aliphatic rings. The molecule has 1 aliphatic heterocycles. The summed E-state index contributed by atoms with van der Waals surface area (Å²) in [5.74, 6) is 1.60. The molecule has 2 aromatic rings. The molecule has 1 aromatic carbocycles. The smallest absolute Gasteiger partial charge is 0.227 e. The highest BCUT2D eigenvalue weighted by Gasteiger charge is 2.33. The van der Waals surface area contributed by atoms with Crippen LogP contribution in [-0.4, -0.2) is 42.5 Å². The van der Waals surface area contributed by atoms with Crippen LogP contribution in [0.15, 0.2) is 30.3 Å². The Morgan fingerprint density at radius 1 is 1.32 bits per heavy atom. The van der Waals surface area contributed by atoms with Crippen LogP contribution in [0.5, 0.6) is 0 Å². The van der Waals surface area contributed by atoms with E-state index in [2.05, 4.69) is 15.3 Å². The van der Waals surface area contributed by atoms with Crippen LogP contribution in [0, 0.1) is 6.92 Å². The first kappa shape index (κ1) is 17.9. The van der Waals surface area contributed by atoms with Crippen molar-refractivity contribution in [2.24, 2.45) is 0 Å². The molecule has 0 saturated carbocycles. The molecule has 6 nitrogen and oxygen atoms in total. The van der Waals surface area contributed by atoms with E-state index < -0.39 is 9.84 Å². The second-order valence-corrected chi connectivity index (χ2v) is 8.84. The first-order valence-corrected chi connectivity index (χ1v) is 10.4. The van der Waals surface area contributed by atoms with Gasteiger partial charge in [0.1, 0.15) is 5.82 Å². The Balaban J connectivity index is 1.87. The number of benzene rings is 1. The lowest BCUT2D eigenvalue weighted by Gasteiger charge is -2.27. The average Bonchev–Trinajstić information content (AvgIpc) is 2.87. The van der Waals surface area contributed by atoms with Gasteiger partial charge in [-0.2, -0.15) is 4.98 Å². The van der Waals surface area contributed by atoms with Crippen molar-refractivity contribution in [2.75, 3.05) is 28.3 Å². The number of aryl methyl sites for hydroxylation is 1. The van der Waals surface area contributed by atoms with Crippen molar-refractivity contribution in [1.82, 2.24) is 9.97 Å². The third kappa shape index (κ3) is 4.41. The fourth-order valence-electron chi connectivity index (χ4n) is 3.04. The van der Waals surface area contributed by atoms with Crippen LogP contribution in [0.3, 0.4) is 0 Å². The number of halogens is 1. The van der Waals surface area contributed by atoms with Crippen LogP contribution in [0.1, 0.15) is 19.0 Å². The first-order chi connectivity index (χ1) is 11.9. The summed E-state index contributed by atoms with van der Waals surface area (Å²) in [5.41, 5.74) is 1.65. The number of rotatable bonds is 5. The Morgan fingerprint density at radius 3 is 2.76 bits per heavy atom. The van der Waals surface area contributed by atoms with Crippen molar-refractivity contribution < 1.29 is 8.42 Å². The summed E-state index contributed by atoms with van der Waals surface area (Å²) in [4.78, 5) is 11.1. The van der Waals surface area contributed by atoms with Crippen molar-refractivity contribution >= 4 is 38.9 Å². The Bertz CT molecular complexity index is 873. The maximum absolute atomic E-state index is 11.8. The van der Waals surface area contributed by atoms with Crippen LogP contribution >= 0.6 is 11.6 Å². The third-order valence-corrected chi connectivity index (χ3v) is 6.17. The van der Waals surface area contributed by atoms with E-state index in [9.17, 15) is 8.42 Å². The molecule has 1 atom stereocenters. The van der Waals surface area contributed by atoms with Gasteiger partial charge in [-0.3, -0.25) is 0 Å². The summed E-state index contributed by atoms with van der Waals surface area (Å²) < 4.78 is 23.6. The monoisotopic (exact) mass is 380 g/mol. The van der Waals surface area contributed by atoms with Gasteiger partial charge in [0, 0.05) is 35.1 Å². The van der Waals surface area contributed by atoms with Gasteiger partial charge in [-0.15, -0.1) is 0 Å². The van der Waals surface area contributed by atoms with Gasteiger partial charge in [-0.1, -0.05) is 17.7 Å². The Morgan fingerprint density at radius 2 is 2.12 bits per heavy atom. The molecule has 1 saturated heterocycles. The van der Waals surface area contributed by atoms with Crippen molar-refractivity contribution in [3.05, 3.63) is 41.0 Å². The van der Waals surface area contributed by atoms with Gasteiger partial charge in [-0.25, -0.2) is 13.4 Å². The second-order valence-electron chi connectivity index (χ2n) is 6.17. The number of hydrogen-bond donors (Lipinski definition) is 1. The molecular weight excluding hydrogens is 360 g/mol. The van der Waals surface area contributed by atoms with E-state index in [0.29, 0.717) is 29.8 Å². The lowest BCUT2D eigenvalue weighted by atomic mass is 10.2. The van der Waals surface area contributed by atoms with E-state index in [1.165, 1.54) is 0 Å². The maximum atomic E-state index is 11.8. The van der Waals surface area contributed by atoms with E-state index in [0.717, 1.165) is 11.4 Å². The molecule has 0 radical (unpaired) electrons. The highest BCUT2D eigenvalue weighted by atomic mass is 35.5. The molecule has 2 heterocycles. The van der Waals surface area contributed by atoms with Gasteiger partial charge >= 0.3 is 0 Å². The SMILES string of the molecule is CCN(c1nc(C)cc(Nc2cccc(Cl)c2)n1)C1CCS(=O)(=O)C1. The highest BCUT2D eigenvalue weighted by Crippen LogP contribution is 2.25. The van der Waals surface area contributed by atoms with E-state index in [1.54, 1.807) is 0 Å². The minimum absolute atomic E-state index is 0.0733. The number of nitrogens with zero attached hydrogens (tertiary/aromatic N) is 3. The molecule has 0 bridgehead atoms. The standard InChI is InChI=1S/C17H21ClN4O2S/c1-3-22(15-7-8-25(23,24)11-15)17-19-12(2)9-16(21-17)20-14-6-4-5-13(18)10-14/h4-6,9-10,15H,3,7-8,11H2,1-2H3,(H,19,20,21). The van der Waals surface area contributed by atoms with Gasteiger partial charge < -0.3 is 10.2 Å². The fraction of sp³-hybridized carbons (Fsp3) is 0.412. The first-order valence-electron chi connectivity index (χ1n) is 8.21. The summed E-state index contributed by atoms with van der Waals surface area (Å²) in [7, 11) is -2.96. The van der Waals surface area contributed by atoms with Crippen LogP contribution < -0.4 is 10.2 Å². The van der Waals surface area contributed by atoms with Gasteiger partial charge in [0.05, 0.1) is 11.5 Å². The summed E-state index contributed by atoms with van der Waals surface area (Å²) in [6.45, 7) is 4.54. The van der Waals surface area contributed by atoms with E-state index in [1.807, 2.05) is 49.1 Å². The number of aromatic nitrogens is 2. The van der Waals surface area contributed by atoms with Crippen LogP contribution in [0.2, 0.25) is 5.02 Å². The van der Waals surface area contributed by atoms with Crippen LogP contribution in [0.25, 0.3) is 0 Å². The number of anilines is 3. The topological polar surface area (TPSA) is 75.2 Å². The van der Waals surface area contributed by atoms with Crippen molar-refractivity contribution in [1.29, 1.82) is 0 Å². The predicted octanol–water partition coefficient (Wildman–Crippen LogP) is 3.20. The second kappa shape index (κ2) is 7.17. The quantitative estimate of drug-likeness (QED) is 0.858. The lowest BCUT2D eigenvalue weighted by Crippen LogP contribution is -2.37. The van der Waals surface area contributed by atoms with Crippen molar-refractivity contribution in [3.8, 4) is 0 Å². The molecule has 1 N–H and O–H groups in total. The lowest BCUT2D eigenvalue weighted by molar-refractivity contribution is 0.599. The molecule has 1 fully saturated rings. The molecule has 1 unspecified atom stereocenters. The molecule has 3 rings (SSSR count). The molecular formula is C17H21ClN4O2S. The van der Waals surface area contributed by atoms with E-state index >= 15 is 0 Å². The molecule has 0 amide bonds. The van der Waals surface area contributed by atoms with Gasteiger partial charge in [0.25, 0.3) is 0 Å². The number of hydrogen-bond acceptors (Lipinski definition) is 6. The van der Waals surface area contributed by atoms with E-state index in [4.69, 9.17) is 11.6 Å². The Hall–Kier alpha value is -1.86. The highest BCUT2D eigenvalue weighted by molar-refractivity contribution is 7.91. The Kier molecular flexibility index (Phi) is 5.15. The summed E-state index contributed by atoms with van der Waals surface area (Å²) in [6.07, 6.45) is 0.616. The molecule has 8 heteroatoms. The molecule has 25 heavy (non-hydrogen) atoms. The third-order valence-electron chi connectivity index (χ3n) is 4.19. The van der Waals surface area contributed by atoms with Crippen molar-refractivity contribution in [2.45, 2.75) is 26.3 Å². The van der Waals surface area contributed by atoms with Crippen molar-refractivity contribution in [3.63, 3.8) is 0 Å². The minimum atomic E-state index is -2.96. The van der Waals surface area contributed by atoms with E-state index in [-0.39, 0.29) is 17.5 Å². The molecule has 0 aliphatic carbocycles. The molecule has 1 aromatic heterocycles. The predicted molar refractivity (Wildman–Crippen MR) is 102 cm³/mol. The zero-order valence-electron chi connectivity index (χ0n) is 14.2. The zero-order valence-corrected chi connectivity index (χ0v) is 15.8. The maximum Gasteiger partial charge on any atom is 0.227 e.